The number of benzene rings is 2. The summed E-state index contributed by atoms with van der Waals surface area (Å²) in [5.41, 5.74) is 2.42. The first-order chi connectivity index (χ1) is 12.6. The van der Waals surface area contributed by atoms with Crippen molar-refractivity contribution in [1.29, 1.82) is 0 Å². The van der Waals surface area contributed by atoms with Crippen LogP contribution in [-0.2, 0) is 9.53 Å². The maximum atomic E-state index is 13.0. The molecule has 6 heteroatoms. The SMILES string of the molecule is O=C1N[C@@H]2COC[C@H]1CN(C(=O)c1cccc(-c3ccc(O)cc3)c1)C2. The molecule has 0 unspecified atom stereocenters. The van der Waals surface area contributed by atoms with E-state index in [1.807, 2.05) is 30.3 Å². The van der Waals surface area contributed by atoms with E-state index in [1.54, 1.807) is 23.1 Å². The number of amides is 2. The van der Waals surface area contributed by atoms with Crippen molar-refractivity contribution in [2.45, 2.75) is 6.04 Å². The van der Waals surface area contributed by atoms with Crippen molar-refractivity contribution in [2.75, 3.05) is 26.3 Å². The van der Waals surface area contributed by atoms with Gasteiger partial charge in [-0.15, -0.1) is 0 Å². The Morgan fingerprint density at radius 3 is 2.69 bits per heavy atom. The fourth-order valence-electron chi connectivity index (χ4n) is 3.46. The minimum absolute atomic E-state index is 0.0411. The summed E-state index contributed by atoms with van der Waals surface area (Å²) in [6, 6.07) is 14.1. The molecule has 2 saturated heterocycles. The van der Waals surface area contributed by atoms with Crippen LogP contribution in [0.25, 0.3) is 11.1 Å². The number of ether oxygens (including phenoxy) is 1. The van der Waals surface area contributed by atoms with Gasteiger partial charge in [-0.2, -0.15) is 0 Å². The summed E-state index contributed by atoms with van der Waals surface area (Å²) >= 11 is 0. The molecule has 2 bridgehead atoms. The van der Waals surface area contributed by atoms with Gasteiger partial charge in [0.2, 0.25) is 5.91 Å². The number of hydrogen-bond donors (Lipinski definition) is 2. The van der Waals surface area contributed by atoms with E-state index in [0.717, 1.165) is 11.1 Å². The third-order valence-corrected chi connectivity index (χ3v) is 4.83. The first-order valence-corrected chi connectivity index (χ1v) is 8.67. The summed E-state index contributed by atoms with van der Waals surface area (Å²) in [6.07, 6.45) is 0. The van der Waals surface area contributed by atoms with Crippen LogP contribution in [0.1, 0.15) is 10.4 Å². The molecule has 2 aliphatic rings. The standard InChI is InChI=1S/C20H20N2O4/c23-18-6-4-13(5-7-18)14-2-1-3-15(8-14)20(25)22-9-16-11-26-12-17(10-22)21-19(16)24/h1-8,16-17,23H,9-12H2,(H,21,24)/t16-,17+/m1/s1. The number of phenolic OH excluding ortho intramolecular Hbond substituents is 1. The summed E-state index contributed by atoms with van der Waals surface area (Å²) in [7, 11) is 0. The van der Waals surface area contributed by atoms with E-state index in [1.165, 1.54) is 0 Å². The van der Waals surface area contributed by atoms with E-state index in [9.17, 15) is 14.7 Å². The lowest BCUT2D eigenvalue weighted by Crippen LogP contribution is -2.44. The Kier molecular flexibility index (Phi) is 4.34. The van der Waals surface area contributed by atoms with E-state index in [2.05, 4.69) is 5.32 Å². The van der Waals surface area contributed by atoms with Gasteiger partial charge in [0.15, 0.2) is 0 Å². The number of phenols is 1. The Bertz CT molecular complexity index is 834. The van der Waals surface area contributed by atoms with Crippen molar-refractivity contribution < 1.29 is 19.4 Å². The van der Waals surface area contributed by atoms with Crippen LogP contribution in [0.2, 0.25) is 0 Å². The van der Waals surface area contributed by atoms with E-state index in [4.69, 9.17) is 4.74 Å². The molecule has 2 heterocycles. The van der Waals surface area contributed by atoms with Gasteiger partial charge in [-0.1, -0.05) is 24.3 Å². The third-order valence-electron chi connectivity index (χ3n) is 4.83. The zero-order valence-corrected chi connectivity index (χ0v) is 14.2. The predicted octanol–water partition coefficient (Wildman–Crippen LogP) is 1.65. The fourth-order valence-corrected chi connectivity index (χ4v) is 3.46. The molecule has 0 radical (unpaired) electrons. The average Bonchev–Trinajstić information content (AvgIpc) is 2.90. The van der Waals surface area contributed by atoms with Gasteiger partial charge in [-0.05, 0) is 35.4 Å². The van der Waals surface area contributed by atoms with E-state index in [-0.39, 0.29) is 29.5 Å². The van der Waals surface area contributed by atoms with Gasteiger partial charge in [0.1, 0.15) is 5.75 Å². The third kappa shape index (κ3) is 3.28. The van der Waals surface area contributed by atoms with E-state index >= 15 is 0 Å². The molecule has 2 aliphatic heterocycles. The molecule has 2 aromatic carbocycles. The highest BCUT2D eigenvalue weighted by Crippen LogP contribution is 2.24. The lowest BCUT2D eigenvalue weighted by Gasteiger charge is -2.27. The van der Waals surface area contributed by atoms with Crippen LogP contribution in [0.15, 0.2) is 48.5 Å². The van der Waals surface area contributed by atoms with E-state index < -0.39 is 0 Å². The molecular weight excluding hydrogens is 332 g/mol. The van der Waals surface area contributed by atoms with Crippen LogP contribution in [0.5, 0.6) is 5.75 Å². The second-order valence-corrected chi connectivity index (χ2v) is 6.78. The van der Waals surface area contributed by atoms with Crippen molar-refractivity contribution in [1.82, 2.24) is 10.2 Å². The van der Waals surface area contributed by atoms with Crippen LogP contribution in [0.3, 0.4) is 0 Å². The van der Waals surface area contributed by atoms with Crippen molar-refractivity contribution in [3.8, 4) is 16.9 Å². The summed E-state index contributed by atoms with van der Waals surface area (Å²) in [6.45, 7) is 1.59. The number of carbonyl (C=O) groups excluding carboxylic acids is 2. The topological polar surface area (TPSA) is 78.9 Å². The summed E-state index contributed by atoms with van der Waals surface area (Å²) in [4.78, 5) is 26.9. The maximum absolute atomic E-state index is 13.0. The molecule has 2 fully saturated rings. The van der Waals surface area contributed by atoms with E-state index in [0.29, 0.717) is 31.9 Å². The smallest absolute Gasteiger partial charge is 0.253 e. The van der Waals surface area contributed by atoms with Gasteiger partial charge in [0.05, 0.1) is 25.2 Å². The predicted molar refractivity (Wildman–Crippen MR) is 95.7 cm³/mol. The maximum Gasteiger partial charge on any atom is 0.253 e. The molecule has 0 aliphatic carbocycles. The Morgan fingerprint density at radius 1 is 1.08 bits per heavy atom. The zero-order chi connectivity index (χ0) is 18.1. The lowest BCUT2D eigenvalue weighted by molar-refractivity contribution is -0.125. The Hall–Kier alpha value is -2.86. The van der Waals surface area contributed by atoms with Crippen LogP contribution >= 0.6 is 0 Å². The first kappa shape index (κ1) is 16.6. The van der Waals surface area contributed by atoms with Crippen molar-refractivity contribution >= 4 is 11.8 Å². The molecule has 0 aromatic heterocycles. The second kappa shape index (κ2) is 6.80. The monoisotopic (exact) mass is 352 g/mol. The fraction of sp³-hybridized carbons (Fsp3) is 0.300. The Balaban J connectivity index is 1.59. The normalized spacial score (nSPS) is 22.5. The van der Waals surface area contributed by atoms with Crippen LogP contribution in [0, 0.1) is 5.92 Å². The Labute approximate surface area is 151 Å². The molecule has 2 amide bonds. The average molecular weight is 352 g/mol. The summed E-state index contributed by atoms with van der Waals surface area (Å²) in [5, 5.41) is 12.4. The summed E-state index contributed by atoms with van der Waals surface area (Å²) < 4.78 is 5.51. The van der Waals surface area contributed by atoms with Gasteiger partial charge in [0.25, 0.3) is 5.91 Å². The molecule has 2 aromatic rings. The molecular formula is C20H20N2O4. The van der Waals surface area contributed by atoms with Crippen molar-refractivity contribution in [2.24, 2.45) is 5.92 Å². The molecule has 26 heavy (non-hydrogen) atoms. The zero-order valence-electron chi connectivity index (χ0n) is 14.2. The molecule has 134 valence electrons. The van der Waals surface area contributed by atoms with Crippen molar-refractivity contribution in [3.05, 3.63) is 54.1 Å². The number of nitrogens with one attached hydrogen (secondary N) is 1. The number of fused-ring (bicyclic) bond motifs is 3. The van der Waals surface area contributed by atoms with Gasteiger partial charge < -0.3 is 20.1 Å². The van der Waals surface area contributed by atoms with Gasteiger partial charge in [0, 0.05) is 18.7 Å². The quantitative estimate of drug-likeness (QED) is 0.861. The number of rotatable bonds is 2. The van der Waals surface area contributed by atoms with Crippen LogP contribution in [0.4, 0.5) is 0 Å². The van der Waals surface area contributed by atoms with Crippen LogP contribution < -0.4 is 5.32 Å². The molecule has 0 spiro atoms. The minimum atomic E-state index is -0.327. The molecule has 2 atom stereocenters. The molecule has 6 nitrogen and oxygen atoms in total. The number of aromatic hydroxyl groups is 1. The molecule has 2 N–H and O–H groups in total. The van der Waals surface area contributed by atoms with Crippen LogP contribution in [-0.4, -0.2) is 54.2 Å². The van der Waals surface area contributed by atoms with Gasteiger partial charge in [-0.25, -0.2) is 0 Å². The second-order valence-electron chi connectivity index (χ2n) is 6.78. The molecule has 0 saturated carbocycles. The highest BCUT2D eigenvalue weighted by Gasteiger charge is 2.35. The number of hydrogen-bond acceptors (Lipinski definition) is 4. The Morgan fingerprint density at radius 2 is 1.88 bits per heavy atom. The summed E-state index contributed by atoms with van der Waals surface area (Å²) in [5.74, 6) is -0.247. The lowest BCUT2D eigenvalue weighted by atomic mass is 10.0. The highest BCUT2D eigenvalue weighted by molar-refractivity contribution is 5.96. The van der Waals surface area contributed by atoms with Gasteiger partial charge in [-0.3, -0.25) is 9.59 Å². The minimum Gasteiger partial charge on any atom is -0.508 e. The number of nitrogens with zero attached hydrogens (tertiary/aromatic N) is 1. The number of carbonyl (C=O) groups is 2. The highest BCUT2D eigenvalue weighted by atomic mass is 16.5. The molecule has 4 rings (SSSR count). The largest absolute Gasteiger partial charge is 0.508 e. The van der Waals surface area contributed by atoms with Crippen molar-refractivity contribution in [3.63, 3.8) is 0 Å². The first-order valence-electron chi connectivity index (χ1n) is 8.67. The van der Waals surface area contributed by atoms with Gasteiger partial charge >= 0.3 is 0 Å².